The van der Waals surface area contributed by atoms with E-state index in [2.05, 4.69) is 53.4 Å². The highest BCUT2D eigenvalue weighted by Crippen LogP contribution is 2.43. The molecule has 1 atom stereocenters. The SMILES string of the molecule is CCCN1CC2(CCN(C)CC2)CC1C(=O)NCCc1ccccc1. The summed E-state index contributed by atoms with van der Waals surface area (Å²) in [4.78, 5) is 17.7. The Morgan fingerprint density at radius 1 is 1.24 bits per heavy atom. The smallest absolute Gasteiger partial charge is 0.237 e. The minimum atomic E-state index is 0.0686. The van der Waals surface area contributed by atoms with Gasteiger partial charge in [0, 0.05) is 13.1 Å². The predicted molar refractivity (Wildman–Crippen MR) is 103 cm³/mol. The van der Waals surface area contributed by atoms with E-state index >= 15 is 0 Å². The first-order chi connectivity index (χ1) is 12.1. The molecule has 0 aliphatic carbocycles. The Morgan fingerprint density at radius 3 is 2.64 bits per heavy atom. The van der Waals surface area contributed by atoms with E-state index in [0.717, 1.165) is 38.9 Å². The largest absolute Gasteiger partial charge is 0.354 e. The van der Waals surface area contributed by atoms with E-state index in [0.29, 0.717) is 5.41 Å². The summed E-state index contributed by atoms with van der Waals surface area (Å²) < 4.78 is 0. The van der Waals surface area contributed by atoms with Gasteiger partial charge in [-0.25, -0.2) is 0 Å². The molecule has 2 fully saturated rings. The minimum Gasteiger partial charge on any atom is -0.354 e. The van der Waals surface area contributed by atoms with Crippen LogP contribution in [0.15, 0.2) is 30.3 Å². The number of nitrogens with zero attached hydrogens (tertiary/aromatic N) is 2. The number of benzene rings is 1. The van der Waals surface area contributed by atoms with Crippen LogP contribution in [0, 0.1) is 5.41 Å². The van der Waals surface area contributed by atoms with Crippen molar-refractivity contribution in [2.24, 2.45) is 5.41 Å². The quantitative estimate of drug-likeness (QED) is 0.862. The second-order valence-electron chi connectivity index (χ2n) is 8.02. The summed E-state index contributed by atoms with van der Waals surface area (Å²) in [7, 11) is 2.21. The summed E-state index contributed by atoms with van der Waals surface area (Å²) in [6, 6.07) is 10.5. The van der Waals surface area contributed by atoms with Crippen molar-refractivity contribution in [2.45, 2.75) is 45.1 Å². The maximum absolute atomic E-state index is 12.8. The highest BCUT2D eigenvalue weighted by atomic mass is 16.2. The Labute approximate surface area is 152 Å². The maximum Gasteiger partial charge on any atom is 0.237 e. The van der Waals surface area contributed by atoms with Crippen LogP contribution in [0.3, 0.4) is 0 Å². The molecule has 1 aromatic rings. The number of nitrogens with one attached hydrogen (secondary N) is 1. The van der Waals surface area contributed by atoms with Crippen LogP contribution in [0.1, 0.15) is 38.2 Å². The van der Waals surface area contributed by atoms with E-state index in [9.17, 15) is 4.79 Å². The van der Waals surface area contributed by atoms with E-state index in [1.807, 2.05) is 6.07 Å². The fraction of sp³-hybridized carbons (Fsp3) is 0.667. The molecule has 4 heteroatoms. The molecule has 1 amide bonds. The van der Waals surface area contributed by atoms with Crippen LogP contribution in [0.4, 0.5) is 0 Å². The number of hydrogen-bond acceptors (Lipinski definition) is 3. The summed E-state index contributed by atoms with van der Waals surface area (Å²) in [6.07, 6.45) is 5.53. The molecule has 138 valence electrons. The molecule has 0 aromatic heterocycles. The standard InChI is InChI=1S/C21H33N3O/c1-3-13-24-17-21(10-14-23(2)15-11-21)16-19(24)20(25)22-12-9-18-7-5-4-6-8-18/h4-8,19H,3,9-17H2,1-2H3,(H,22,25). The second-order valence-corrected chi connectivity index (χ2v) is 8.02. The zero-order valence-corrected chi connectivity index (χ0v) is 15.8. The van der Waals surface area contributed by atoms with Gasteiger partial charge in [-0.1, -0.05) is 37.3 Å². The molecule has 1 N–H and O–H groups in total. The number of amides is 1. The lowest BCUT2D eigenvalue weighted by Gasteiger charge is -2.37. The maximum atomic E-state index is 12.8. The first-order valence-electron chi connectivity index (χ1n) is 9.86. The van der Waals surface area contributed by atoms with Gasteiger partial charge in [-0.3, -0.25) is 9.69 Å². The van der Waals surface area contributed by atoms with Crippen LogP contribution in [0.5, 0.6) is 0 Å². The predicted octanol–water partition coefficient (Wildman–Crippen LogP) is 2.54. The lowest BCUT2D eigenvalue weighted by atomic mass is 9.76. The monoisotopic (exact) mass is 343 g/mol. The van der Waals surface area contributed by atoms with Gasteiger partial charge in [-0.05, 0) is 69.8 Å². The molecule has 0 bridgehead atoms. The summed E-state index contributed by atoms with van der Waals surface area (Å²) in [5.74, 6) is 0.236. The van der Waals surface area contributed by atoms with E-state index in [1.165, 1.54) is 31.5 Å². The Bertz CT molecular complexity index is 552. The topological polar surface area (TPSA) is 35.6 Å². The average molecular weight is 344 g/mol. The second kappa shape index (κ2) is 8.33. The van der Waals surface area contributed by atoms with Gasteiger partial charge in [-0.2, -0.15) is 0 Å². The molecule has 0 saturated carbocycles. The fourth-order valence-electron chi connectivity index (χ4n) is 4.47. The third-order valence-electron chi connectivity index (χ3n) is 6.02. The molecule has 25 heavy (non-hydrogen) atoms. The molecule has 4 nitrogen and oxygen atoms in total. The molecule has 1 aromatic carbocycles. The summed E-state index contributed by atoms with van der Waals surface area (Å²) in [6.45, 7) is 7.42. The third-order valence-corrected chi connectivity index (χ3v) is 6.02. The van der Waals surface area contributed by atoms with Crippen LogP contribution >= 0.6 is 0 Å². The number of likely N-dealkylation sites (tertiary alicyclic amines) is 2. The lowest BCUT2D eigenvalue weighted by Crippen LogP contribution is -2.44. The van der Waals surface area contributed by atoms with Crippen molar-refractivity contribution in [3.8, 4) is 0 Å². The van der Waals surface area contributed by atoms with Crippen molar-refractivity contribution in [3.05, 3.63) is 35.9 Å². The van der Waals surface area contributed by atoms with Crippen molar-refractivity contribution in [1.82, 2.24) is 15.1 Å². The minimum absolute atomic E-state index is 0.0686. The van der Waals surface area contributed by atoms with Crippen LogP contribution in [0.2, 0.25) is 0 Å². The highest BCUT2D eigenvalue weighted by Gasteiger charge is 2.47. The van der Waals surface area contributed by atoms with Gasteiger partial charge >= 0.3 is 0 Å². The van der Waals surface area contributed by atoms with Gasteiger partial charge in [-0.15, -0.1) is 0 Å². The van der Waals surface area contributed by atoms with Crippen molar-refractivity contribution in [2.75, 3.05) is 39.8 Å². The Kier molecular flexibility index (Phi) is 6.13. The van der Waals surface area contributed by atoms with Crippen molar-refractivity contribution >= 4 is 5.91 Å². The zero-order valence-electron chi connectivity index (χ0n) is 15.8. The summed E-state index contributed by atoms with van der Waals surface area (Å²) in [5, 5.41) is 3.20. The Hall–Kier alpha value is -1.39. The van der Waals surface area contributed by atoms with E-state index in [4.69, 9.17) is 0 Å². The molecule has 2 aliphatic rings. The molecular weight excluding hydrogens is 310 g/mol. The summed E-state index contributed by atoms with van der Waals surface area (Å²) >= 11 is 0. The molecular formula is C21H33N3O. The van der Waals surface area contributed by atoms with Crippen LogP contribution in [-0.4, -0.2) is 61.5 Å². The van der Waals surface area contributed by atoms with Crippen LogP contribution < -0.4 is 5.32 Å². The van der Waals surface area contributed by atoms with Gasteiger partial charge in [0.2, 0.25) is 5.91 Å². The molecule has 1 unspecified atom stereocenters. The van der Waals surface area contributed by atoms with Gasteiger partial charge in [0.25, 0.3) is 0 Å². The number of carbonyl (C=O) groups excluding carboxylic acids is 1. The van der Waals surface area contributed by atoms with Crippen LogP contribution in [-0.2, 0) is 11.2 Å². The van der Waals surface area contributed by atoms with E-state index in [-0.39, 0.29) is 11.9 Å². The van der Waals surface area contributed by atoms with E-state index in [1.54, 1.807) is 0 Å². The van der Waals surface area contributed by atoms with Gasteiger partial charge in [0.15, 0.2) is 0 Å². The van der Waals surface area contributed by atoms with Gasteiger partial charge < -0.3 is 10.2 Å². The number of rotatable bonds is 6. The molecule has 0 radical (unpaired) electrons. The normalized spacial score (nSPS) is 23.8. The van der Waals surface area contributed by atoms with Crippen molar-refractivity contribution in [3.63, 3.8) is 0 Å². The first kappa shape index (κ1) is 18.4. The van der Waals surface area contributed by atoms with Gasteiger partial charge in [0.05, 0.1) is 6.04 Å². The van der Waals surface area contributed by atoms with Crippen LogP contribution in [0.25, 0.3) is 0 Å². The molecule has 2 aliphatic heterocycles. The number of hydrogen-bond donors (Lipinski definition) is 1. The first-order valence-corrected chi connectivity index (χ1v) is 9.86. The lowest BCUT2D eigenvalue weighted by molar-refractivity contribution is -0.125. The third kappa shape index (κ3) is 4.62. The molecule has 3 rings (SSSR count). The fourth-order valence-corrected chi connectivity index (χ4v) is 4.47. The number of piperidine rings is 1. The van der Waals surface area contributed by atoms with Crippen molar-refractivity contribution in [1.29, 1.82) is 0 Å². The molecule has 2 saturated heterocycles. The molecule has 1 spiro atoms. The zero-order chi connectivity index (χ0) is 17.7. The van der Waals surface area contributed by atoms with Crippen molar-refractivity contribution < 1.29 is 4.79 Å². The number of carbonyl (C=O) groups is 1. The highest BCUT2D eigenvalue weighted by molar-refractivity contribution is 5.82. The summed E-state index contributed by atoms with van der Waals surface area (Å²) in [5.41, 5.74) is 1.65. The van der Waals surface area contributed by atoms with Gasteiger partial charge in [0.1, 0.15) is 0 Å². The molecule has 2 heterocycles. The Balaban J connectivity index is 1.55. The Morgan fingerprint density at radius 2 is 1.96 bits per heavy atom. The average Bonchev–Trinajstić information content (AvgIpc) is 2.97. The van der Waals surface area contributed by atoms with E-state index < -0.39 is 0 Å².